The monoisotopic (exact) mass is 539 g/mol. The number of benzene rings is 2. The minimum Gasteiger partial charge on any atom is -0.465 e. The van der Waals surface area contributed by atoms with Crippen LogP contribution in [0.25, 0.3) is 17.1 Å². The number of carbonyl (C=O) groups is 3. The molecule has 40 heavy (non-hydrogen) atoms. The molecule has 0 atom stereocenters. The zero-order chi connectivity index (χ0) is 28.1. The molecule has 1 saturated heterocycles. The summed E-state index contributed by atoms with van der Waals surface area (Å²) in [7, 11) is 1.33. The van der Waals surface area contributed by atoms with Gasteiger partial charge in [-0.15, -0.1) is 0 Å². The van der Waals surface area contributed by atoms with E-state index in [1.807, 2.05) is 47.4 Å². The van der Waals surface area contributed by atoms with Crippen molar-refractivity contribution in [2.24, 2.45) is 0 Å². The Morgan fingerprint density at radius 2 is 1.55 bits per heavy atom. The van der Waals surface area contributed by atoms with Crippen LogP contribution in [0, 0.1) is 0 Å². The first-order valence-electron chi connectivity index (χ1n) is 13.0. The molecule has 0 N–H and O–H groups in total. The van der Waals surface area contributed by atoms with Crippen molar-refractivity contribution in [3.63, 3.8) is 0 Å². The lowest BCUT2D eigenvalue weighted by atomic mass is 10.1. The van der Waals surface area contributed by atoms with Crippen LogP contribution in [0.5, 0.6) is 0 Å². The molecule has 0 radical (unpaired) electrons. The van der Waals surface area contributed by atoms with E-state index in [1.54, 1.807) is 48.1 Å². The first-order valence-corrected chi connectivity index (χ1v) is 13.0. The summed E-state index contributed by atoms with van der Waals surface area (Å²) >= 11 is 0. The highest BCUT2D eigenvalue weighted by atomic mass is 16.5. The summed E-state index contributed by atoms with van der Waals surface area (Å²) in [5.41, 5.74) is 3.80. The van der Waals surface area contributed by atoms with E-state index in [0.717, 1.165) is 16.9 Å². The average molecular weight is 540 g/mol. The second-order valence-electron chi connectivity index (χ2n) is 9.13. The maximum atomic E-state index is 13.0. The van der Waals surface area contributed by atoms with E-state index < -0.39 is 11.9 Å². The lowest BCUT2D eigenvalue weighted by Gasteiger charge is -2.36. The molecular formula is C30H29N5O5. The van der Waals surface area contributed by atoms with E-state index in [0.29, 0.717) is 43.1 Å². The Balaban J connectivity index is 1.28. The third-order valence-corrected chi connectivity index (χ3v) is 6.71. The van der Waals surface area contributed by atoms with Gasteiger partial charge in [0.15, 0.2) is 11.5 Å². The van der Waals surface area contributed by atoms with E-state index in [9.17, 15) is 14.4 Å². The topological polar surface area (TPSA) is 107 Å². The largest absolute Gasteiger partial charge is 0.465 e. The van der Waals surface area contributed by atoms with Gasteiger partial charge >= 0.3 is 11.9 Å². The number of methoxy groups -OCH3 is 1. The Labute approximate surface area is 231 Å². The van der Waals surface area contributed by atoms with Crippen molar-refractivity contribution in [1.29, 1.82) is 0 Å². The number of hydrogen-bond donors (Lipinski definition) is 0. The van der Waals surface area contributed by atoms with Crippen LogP contribution in [0.1, 0.15) is 38.1 Å². The molecule has 0 bridgehead atoms. The fraction of sp³-hybridized carbons (Fsp3) is 0.233. The third-order valence-electron chi connectivity index (χ3n) is 6.71. The molecule has 10 nitrogen and oxygen atoms in total. The summed E-state index contributed by atoms with van der Waals surface area (Å²) in [6, 6.07) is 21.8. The Kier molecular flexibility index (Phi) is 7.86. The Bertz CT molecular complexity index is 1490. The van der Waals surface area contributed by atoms with E-state index in [1.165, 1.54) is 7.11 Å². The van der Waals surface area contributed by atoms with Crippen molar-refractivity contribution in [3.8, 4) is 17.1 Å². The molecule has 10 heteroatoms. The summed E-state index contributed by atoms with van der Waals surface area (Å²) in [4.78, 5) is 45.5. The molecule has 4 aromatic rings. The fourth-order valence-electron chi connectivity index (χ4n) is 4.61. The number of hydrogen-bond acceptors (Lipinski definition) is 8. The smallest absolute Gasteiger partial charge is 0.358 e. The van der Waals surface area contributed by atoms with Crippen LogP contribution in [0.4, 0.5) is 5.69 Å². The predicted octanol–water partition coefficient (Wildman–Crippen LogP) is 3.86. The standard InChI is InChI=1S/C30H29N5O5/c1-3-40-30(38)25-20-26(35(32-25)27-6-4-5-15-31-27)21-11-13-24(14-12-21)33-16-18-34(19-17-33)28(36)22-7-9-23(10-8-22)29(37)39-2/h4-15,20H,3,16-19H2,1-2H3. The van der Waals surface area contributed by atoms with Crippen LogP contribution < -0.4 is 4.90 Å². The number of pyridine rings is 1. The van der Waals surface area contributed by atoms with Crippen LogP contribution in [0.3, 0.4) is 0 Å². The third kappa shape index (κ3) is 5.56. The van der Waals surface area contributed by atoms with E-state index in [-0.39, 0.29) is 18.2 Å². The highest BCUT2D eigenvalue weighted by Gasteiger charge is 2.23. The maximum absolute atomic E-state index is 13.0. The van der Waals surface area contributed by atoms with Crippen LogP contribution >= 0.6 is 0 Å². The first-order chi connectivity index (χ1) is 19.5. The molecule has 204 valence electrons. The van der Waals surface area contributed by atoms with Gasteiger partial charge in [0.1, 0.15) is 0 Å². The summed E-state index contributed by atoms with van der Waals surface area (Å²) in [5.74, 6) is -0.384. The zero-order valence-electron chi connectivity index (χ0n) is 22.3. The molecule has 0 spiro atoms. The number of ether oxygens (including phenoxy) is 2. The first kappa shape index (κ1) is 26.6. The highest BCUT2D eigenvalue weighted by Crippen LogP contribution is 2.27. The van der Waals surface area contributed by atoms with Gasteiger partial charge in [-0.2, -0.15) is 5.10 Å². The number of carbonyl (C=O) groups excluding carboxylic acids is 3. The normalized spacial score (nSPS) is 13.2. The Morgan fingerprint density at radius 1 is 0.850 bits per heavy atom. The highest BCUT2D eigenvalue weighted by molar-refractivity contribution is 5.96. The number of amides is 1. The lowest BCUT2D eigenvalue weighted by Crippen LogP contribution is -2.48. The SMILES string of the molecule is CCOC(=O)c1cc(-c2ccc(N3CCN(C(=O)c4ccc(C(=O)OC)cc4)CC3)cc2)n(-c2ccccn2)n1. The molecule has 1 fully saturated rings. The van der Waals surface area contributed by atoms with Crippen molar-refractivity contribution in [2.75, 3.05) is 44.8 Å². The number of piperazine rings is 1. The molecule has 0 aliphatic carbocycles. The molecule has 0 saturated carbocycles. The predicted molar refractivity (Wildman–Crippen MR) is 149 cm³/mol. The van der Waals surface area contributed by atoms with Gasteiger partial charge in [0.2, 0.25) is 0 Å². The van der Waals surface area contributed by atoms with Crippen molar-refractivity contribution in [3.05, 3.63) is 95.8 Å². The molecule has 5 rings (SSSR count). The second kappa shape index (κ2) is 11.8. The van der Waals surface area contributed by atoms with E-state index in [4.69, 9.17) is 9.47 Å². The Hall–Kier alpha value is -4.99. The molecular weight excluding hydrogens is 510 g/mol. The van der Waals surface area contributed by atoms with Gasteiger partial charge in [-0.3, -0.25) is 4.79 Å². The fourth-order valence-corrected chi connectivity index (χ4v) is 4.61. The number of rotatable bonds is 7. The number of nitrogens with zero attached hydrogens (tertiary/aromatic N) is 5. The van der Waals surface area contributed by atoms with Crippen molar-refractivity contribution in [2.45, 2.75) is 6.92 Å². The minimum absolute atomic E-state index is 0.0633. The van der Waals surface area contributed by atoms with Gasteiger partial charge in [0, 0.05) is 49.2 Å². The van der Waals surface area contributed by atoms with E-state index in [2.05, 4.69) is 15.0 Å². The van der Waals surface area contributed by atoms with Crippen LogP contribution in [-0.4, -0.2) is 77.4 Å². The van der Waals surface area contributed by atoms with Crippen LogP contribution in [0.2, 0.25) is 0 Å². The van der Waals surface area contributed by atoms with Crippen molar-refractivity contribution >= 4 is 23.5 Å². The lowest BCUT2D eigenvalue weighted by molar-refractivity contribution is 0.0517. The average Bonchev–Trinajstić information content (AvgIpc) is 3.47. The van der Waals surface area contributed by atoms with Gasteiger partial charge in [0.05, 0.1) is 25.0 Å². The quantitative estimate of drug-likeness (QED) is 0.326. The number of esters is 2. The number of anilines is 1. The van der Waals surface area contributed by atoms with Gasteiger partial charge in [-0.1, -0.05) is 18.2 Å². The molecule has 1 aliphatic rings. The zero-order valence-corrected chi connectivity index (χ0v) is 22.3. The second-order valence-corrected chi connectivity index (χ2v) is 9.13. The minimum atomic E-state index is -0.484. The summed E-state index contributed by atoms with van der Waals surface area (Å²) in [6.45, 7) is 4.55. The van der Waals surface area contributed by atoms with Gasteiger partial charge in [0.25, 0.3) is 5.91 Å². The Morgan fingerprint density at radius 3 is 2.17 bits per heavy atom. The van der Waals surface area contributed by atoms with Gasteiger partial charge in [-0.05, 0) is 61.5 Å². The number of aromatic nitrogens is 3. The van der Waals surface area contributed by atoms with Crippen molar-refractivity contribution in [1.82, 2.24) is 19.7 Å². The molecule has 1 amide bonds. The van der Waals surface area contributed by atoms with Gasteiger partial charge in [-0.25, -0.2) is 19.3 Å². The molecule has 3 heterocycles. The summed E-state index contributed by atoms with van der Waals surface area (Å²) in [5, 5.41) is 4.46. The van der Waals surface area contributed by atoms with Crippen LogP contribution in [0.15, 0.2) is 79.0 Å². The summed E-state index contributed by atoms with van der Waals surface area (Å²) in [6.07, 6.45) is 1.68. The van der Waals surface area contributed by atoms with Gasteiger partial charge < -0.3 is 19.3 Å². The molecule has 0 unspecified atom stereocenters. The van der Waals surface area contributed by atoms with Crippen molar-refractivity contribution < 1.29 is 23.9 Å². The molecule has 1 aliphatic heterocycles. The van der Waals surface area contributed by atoms with E-state index >= 15 is 0 Å². The molecule has 2 aromatic heterocycles. The van der Waals surface area contributed by atoms with Crippen LogP contribution in [-0.2, 0) is 9.47 Å². The maximum Gasteiger partial charge on any atom is 0.358 e. The summed E-state index contributed by atoms with van der Waals surface area (Å²) < 4.78 is 11.5. The molecule has 2 aromatic carbocycles.